The van der Waals surface area contributed by atoms with Crippen molar-refractivity contribution in [1.29, 1.82) is 0 Å². The fraction of sp³-hybridized carbons (Fsp3) is 0.357. The second kappa shape index (κ2) is 20.5. The third kappa shape index (κ3) is 11.7. The van der Waals surface area contributed by atoms with Crippen molar-refractivity contribution in [2.45, 2.75) is 71.2 Å². The quantitative estimate of drug-likeness (QED) is 0.0645. The molecule has 14 heteroatoms. The SMILES string of the molecule is C#CCN(CC#C)C(=O)c1cc(NC(=O)[C@H](CCCNC(N)=O)NC(=O)[C@@H](NC(=O)O)C(C)C)ccc1CO[Si](c1ccccc1)(c1ccccc1)C(C)(C)C. The van der Waals surface area contributed by atoms with Crippen LogP contribution in [0.2, 0.25) is 5.04 Å². The normalized spacial score (nSPS) is 12.3. The lowest BCUT2D eigenvalue weighted by Gasteiger charge is -2.43. The number of carbonyl (C=O) groups excluding carboxylic acids is 4. The Bertz CT molecular complexity index is 1860. The molecule has 0 aliphatic heterocycles. The minimum atomic E-state index is -3.04. The molecule has 56 heavy (non-hydrogen) atoms. The Morgan fingerprint density at radius 3 is 1.93 bits per heavy atom. The number of nitrogens with zero attached hydrogens (tertiary/aromatic N) is 1. The summed E-state index contributed by atoms with van der Waals surface area (Å²) >= 11 is 0. The molecule has 0 heterocycles. The van der Waals surface area contributed by atoms with Crippen LogP contribution in [0, 0.1) is 30.6 Å². The van der Waals surface area contributed by atoms with Crippen LogP contribution in [0.25, 0.3) is 0 Å². The zero-order chi connectivity index (χ0) is 41.5. The van der Waals surface area contributed by atoms with E-state index in [1.54, 1.807) is 26.0 Å². The molecule has 3 rings (SSSR count). The van der Waals surface area contributed by atoms with Crippen molar-refractivity contribution in [3.63, 3.8) is 0 Å². The van der Waals surface area contributed by atoms with Crippen LogP contribution in [-0.2, 0) is 20.6 Å². The van der Waals surface area contributed by atoms with Gasteiger partial charge in [-0.3, -0.25) is 14.4 Å². The maximum absolute atomic E-state index is 14.2. The average Bonchev–Trinajstić information content (AvgIpc) is 3.15. The highest BCUT2D eigenvalue weighted by molar-refractivity contribution is 6.99. The molecule has 13 nitrogen and oxygen atoms in total. The summed E-state index contributed by atoms with van der Waals surface area (Å²) in [4.78, 5) is 65.3. The summed E-state index contributed by atoms with van der Waals surface area (Å²) in [7, 11) is -3.04. The predicted octanol–water partition coefficient (Wildman–Crippen LogP) is 3.64. The van der Waals surface area contributed by atoms with Gasteiger partial charge < -0.3 is 41.4 Å². The molecule has 0 saturated heterocycles. The second-order valence-electron chi connectivity index (χ2n) is 14.5. The number of terminal acetylenes is 2. The van der Waals surface area contributed by atoms with Gasteiger partial charge in [-0.15, -0.1) is 12.8 Å². The molecule has 296 valence electrons. The summed E-state index contributed by atoms with van der Waals surface area (Å²) in [6, 6.07) is 21.9. The summed E-state index contributed by atoms with van der Waals surface area (Å²) in [5.41, 5.74) is 6.14. The highest BCUT2D eigenvalue weighted by Gasteiger charge is 2.50. The predicted molar refractivity (Wildman–Crippen MR) is 220 cm³/mol. The van der Waals surface area contributed by atoms with Crippen molar-refractivity contribution in [1.82, 2.24) is 20.9 Å². The molecule has 0 aromatic heterocycles. The minimum absolute atomic E-state index is 0.0290. The van der Waals surface area contributed by atoms with Crippen LogP contribution in [0.5, 0.6) is 0 Å². The van der Waals surface area contributed by atoms with E-state index >= 15 is 0 Å². The first kappa shape index (κ1) is 44.3. The van der Waals surface area contributed by atoms with E-state index < -0.39 is 56.2 Å². The Kier molecular flexibility index (Phi) is 16.3. The van der Waals surface area contributed by atoms with E-state index in [4.69, 9.17) is 23.0 Å². The Morgan fingerprint density at radius 1 is 0.875 bits per heavy atom. The monoisotopic (exact) mass is 780 g/mol. The Hall–Kier alpha value is -6.09. The lowest BCUT2D eigenvalue weighted by atomic mass is 10.0. The molecule has 3 aromatic carbocycles. The van der Waals surface area contributed by atoms with E-state index in [1.807, 2.05) is 36.4 Å². The summed E-state index contributed by atoms with van der Waals surface area (Å²) in [5.74, 6) is 2.70. The van der Waals surface area contributed by atoms with Gasteiger partial charge in [-0.2, -0.15) is 0 Å². The fourth-order valence-corrected chi connectivity index (χ4v) is 11.0. The molecular weight excluding hydrogens is 729 g/mol. The molecule has 7 N–H and O–H groups in total. The van der Waals surface area contributed by atoms with Crippen molar-refractivity contribution in [3.05, 3.63) is 90.0 Å². The molecule has 0 aliphatic carbocycles. The van der Waals surface area contributed by atoms with Crippen LogP contribution in [0.1, 0.15) is 63.4 Å². The van der Waals surface area contributed by atoms with Gasteiger partial charge in [0.15, 0.2) is 0 Å². The van der Waals surface area contributed by atoms with Crippen molar-refractivity contribution >= 4 is 54.2 Å². The number of anilines is 1. The van der Waals surface area contributed by atoms with Gasteiger partial charge in [0.1, 0.15) is 12.1 Å². The van der Waals surface area contributed by atoms with E-state index in [0.29, 0.717) is 5.56 Å². The van der Waals surface area contributed by atoms with E-state index in [-0.39, 0.29) is 55.4 Å². The number of amides is 6. The number of nitrogens with one attached hydrogen (secondary N) is 4. The Labute approximate surface area is 330 Å². The van der Waals surface area contributed by atoms with E-state index in [9.17, 15) is 29.1 Å². The van der Waals surface area contributed by atoms with Crippen LogP contribution < -0.4 is 37.4 Å². The van der Waals surface area contributed by atoms with Gasteiger partial charge in [0, 0.05) is 17.8 Å². The zero-order valence-electron chi connectivity index (χ0n) is 32.6. The van der Waals surface area contributed by atoms with Crippen molar-refractivity contribution in [2.75, 3.05) is 25.0 Å². The maximum atomic E-state index is 14.2. The first-order chi connectivity index (χ1) is 26.5. The van der Waals surface area contributed by atoms with Crippen LogP contribution in [0.3, 0.4) is 0 Å². The summed E-state index contributed by atoms with van der Waals surface area (Å²) in [6.07, 6.45) is 10.1. The number of nitrogens with two attached hydrogens (primary N) is 1. The summed E-state index contributed by atoms with van der Waals surface area (Å²) < 4.78 is 7.15. The molecule has 3 aromatic rings. The summed E-state index contributed by atoms with van der Waals surface area (Å²) in [5, 5.41) is 21.1. The van der Waals surface area contributed by atoms with Crippen LogP contribution in [0.15, 0.2) is 78.9 Å². The number of hydrogen-bond donors (Lipinski definition) is 6. The first-order valence-electron chi connectivity index (χ1n) is 18.2. The largest absolute Gasteiger partial charge is 0.465 e. The maximum Gasteiger partial charge on any atom is 0.405 e. The first-order valence-corrected chi connectivity index (χ1v) is 20.1. The van der Waals surface area contributed by atoms with Crippen molar-refractivity contribution < 1.29 is 33.5 Å². The molecule has 0 aliphatic rings. The third-order valence-electron chi connectivity index (χ3n) is 9.15. The van der Waals surface area contributed by atoms with Crippen LogP contribution >= 0.6 is 0 Å². The molecule has 0 radical (unpaired) electrons. The van der Waals surface area contributed by atoms with Gasteiger partial charge in [0.05, 0.1) is 19.7 Å². The van der Waals surface area contributed by atoms with Crippen molar-refractivity contribution in [3.8, 4) is 24.7 Å². The molecule has 0 spiro atoms. The van der Waals surface area contributed by atoms with Crippen molar-refractivity contribution in [2.24, 2.45) is 11.7 Å². The average molecular weight is 781 g/mol. The number of rotatable bonds is 18. The number of hydrogen-bond acceptors (Lipinski definition) is 6. The van der Waals surface area contributed by atoms with Gasteiger partial charge in [0.2, 0.25) is 11.8 Å². The van der Waals surface area contributed by atoms with Crippen LogP contribution in [-0.4, -0.2) is 79.9 Å². The molecule has 0 fully saturated rings. The number of urea groups is 1. The van der Waals surface area contributed by atoms with E-state index in [2.05, 4.69) is 78.1 Å². The highest BCUT2D eigenvalue weighted by Crippen LogP contribution is 2.37. The van der Waals surface area contributed by atoms with Gasteiger partial charge in [-0.25, -0.2) is 9.59 Å². The standard InChI is InChI=1S/C42H52N6O7Si/c1-8-25-48(26-9-2)39(51)34-27-31(45-37(49)35(21-16-24-44-40(43)52)46-38(50)36(29(3)4)47-41(53)54)23-22-30(34)28-55-56(42(5,6)7,32-17-12-10-13-18-32)33-19-14-11-15-20-33/h1-2,10-15,17-20,22-23,27,29,35-36,47H,16,21,24-26,28H2,3-7H3,(H,45,49)(H,46,50)(H,53,54)(H3,43,44,52)/t35-,36-/m0/s1. The number of carboxylic acid groups (broad SMARTS) is 1. The Balaban J connectivity index is 2.08. The van der Waals surface area contributed by atoms with Gasteiger partial charge >= 0.3 is 12.1 Å². The molecule has 0 unspecified atom stereocenters. The summed E-state index contributed by atoms with van der Waals surface area (Å²) in [6.45, 7) is 9.77. The fourth-order valence-electron chi connectivity index (χ4n) is 6.46. The van der Waals surface area contributed by atoms with Gasteiger partial charge in [-0.05, 0) is 51.9 Å². The van der Waals surface area contributed by atoms with E-state index in [0.717, 1.165) is 10.4 Å². The zero-order valence-corrected chi connectivity index (χ0v) is 33.6. The van der Waals surface area contributed by atoms with Crippen LogP contribution in [0.4, 0.5) is 15.3 Å². The lowest BCUT2D eigenvalue weighted by molar-refractivity contribution is -0.128. The van der Waals surface area contributed by atoms with Gasteiger partial charge in [0.25, 0.3) is 14.2 Å². The molecule has 2 atom stereocenters. The number of benzene rings is 3. The molecule has 6 amide bonds. The molecule has 0 saturated carbocycles. The molecule has 0 bridgehead atoms. The lowest BCUT2D eigenvalue weighted by Crippen LogP contribution is -2.66. The number of carbonyl (C=O) groups is 5. The minimum Gasteiger partial charge on any atom is -0.465 e. The number of primary amides is 1. The smallest absolute Gasteiger partial charge is 0.405 e. The molecular formula is C42H52N6O7Si. The van der Waals surface area contributed by atoms with E-state index in [1.165, 1.54) is 11.0 Å². The third-order valence-corrected chi connectivity index (χ3v) is 14.1. The highest BCUT2D eigenvalue weighted by atomic mass is 28.4. The van der Waals surface area contributed by atoms with Gasteiger partial charge in [-0.1, -0.05) is 113 Å². The Morgan fingerprint density at radius 2 is 1.45 bits per heavy atom. The topological polar surface area (TPSA) is 192 Å². The second-order valence-corrected chi connectivity index (χ2v) is 18.9.